The van der Waals surface area contributed by atoms with Crippen LogP contribution in [-0.2, 0) is 22.6 Å². The maximum absolute atomic E-state index is 12.3. The summed E-state index contributed by atoms with van der Waals surface area (Å²) in [5.74, 6) is -0.480. The van der Waals surface area contributed by atoms with Gasteiger partial charge in [0.15, 0.2) is 11.5 Å². The third-order valence-corrected chi connectivity index (χ3v) is 5.18. The average molecular weight is 531 g/mol. The van der Waals surface area contributed by atoms with Gasteiger partial charge in [-0.15, -0.1) is 4.80 Å². The van der Waals surface area contributed by atoms with Crippen molar-refractivity contribution in [3.05, 3.63) is 79.1 Å². The maximum Gasteiger partial charge on any atom is 0.506 e. The summed E-state index contributed by atoms with van der Waals surface area (Å²) in [6.45, 7) is 0.870. The fourth-order valence-corrected chi connectivity index (χ4v) is 3.42. The molecule has 3 aromatic rings. The number of carboxylic acid groups (broad SMARTS) is 1. The van der Waals surface area contributed by atoms with Gasteiger partial charge >= 0.3 is 12.1 Å². The second-order valence-electron chi connectivity index (χ2n) is 7.56. The van der Waals surface area contributed by atoms with Crippen LogP contribution in [0.1, 0.15) is 40.3 Å². The molecule has 16 heteroatoms. The molecule has 0 amide bonds. The molecule has 0 bridgehead atoms. The number of nitro benzene ring substituents is 2. The molecule has 0 aliphatic rings. The van der Waals surface area contributed by atoms with Crippen molar-refractivity contribution in [3.8, 4) is 11.5 Å². The number of non-ortho nitro benzene ring substituents is 1. The lowest BCUT2D eigenvalue weighted by molar-refractivity contribution is -0.385. The van der Waals surface area contributed by atoms with E-state index in [1.807, 2.05) is 0 Å². The number of carbonyl (C=O) groups is 2. The Labute approximate surface area is 213 Å². The molecule has 0 radical (unpaired) electrons. The van der Waals surface area contributed by atoms with Gasteiger partial charge in [-0.1, -0.05) is 0 Å². The predicted octanol–water partition coefficient (Wildman–Crippen LogP) is 3.27. The molecule has 38 heavy (non-hydrogen) atoms. The van der Waals surface area contributed by atoms with E-state index in [9.17, 15) is 29.8 Å². The Morgan fingerprint density at radius 2 is 1.66 bits per heavy atom. The van der Waals surface area contributed by atoms with Crippen LogP contribution in [0.4, 0.5) is 16.2 Å². The number of methoxy groups -OCH3 is 2. The van der Waals surface area contributed by atoms with E-state index in [1.165, 1.54) is 45.4 Å². The smallest absolute Gasteiger partial charge is 0.493 e. The summed E-state index contributed by atoms with van der Waals surface area (Å²) >= 11 is 0. The van der Waals surface area contributed by atoms with Gasteiger partial charge in [-0.2, -0.15) is 10.2 Å². The van der Waals surface area contributed by atoms with E-state index in [2.05, 4.69) is 10.2 Å². The summed E-state index contributed by atoms with van der Waals surface area (Å²) in [5, 5.41) is 39.8. The van der Waals surface area contributed by atoms with Crippen molar-refractivity contribution in [2.45, 2.75) is 26.2 Å². The number of nitrogens with zero attached hydrogens (tertiary/aromatic N) is 5. The van der Waals surface area contributed by atoms with Crippen LogP contribution < -0.4 is 9.47 Å². The van der Waals surface area contributed by atoms with Crippen molar-refractivity contribution in [1.82, 2.24) is 15.0 Å². The first-order chi connectivity index (χ1) is 18.0. The Hall–Kier alpha value is -5.28. The summed E-state index contributed by atoms with van der Waals surface area (Å²) in [5.41, 5.74) is -0.179. The van der Waals surface area contributed by atoms with Crippen molar-refractivity contribution in [3.63, 3.8) is 0 Å². The van der Waals surface area contributed by atoms with Crippen LogP contribution in [0.15, 0.2) is 36.4 Å². The molecule has 1 heterocycles. The summed E-state index contributed by atoms with van der Waals surface area (Å²) in [6.07, 6.45) is -2.89. The Morgan fingerprint density at radius 1 is 1.03 bits per heavy atom. The number of ether oxygens (including phenoxy) is 4. The third kappa shape index (κ3) is 6.28. The summed E-state index contributed by atoms with van der Waals surface area (Å²) in [7, 11) is 2.69. The largest absolute Gasteiger partial charge is 0.506 e. The monoisotopic (exact) mass is 531 g/mol. The van der Waals surface area contributed by atoms with Crippen LogP contribution in [0.25, 0.3) is 0 Å². The molecule has 0 saturated carbocycles. The molecule has 3 rings (SSSR count). The highest BCUT2D eigenvalue weighted by Crippen LogP contribution is 2.36. The normalized spacial score (nSPS) is 11.3. The lowest BCUT2D eigenvalue weighted by atomic mass is 10.0. The van der Waals surface area contributed by atoms with Crippen molar-refractivity contribution < 1.29 is 43.5 Å². The lowest BCUT2D eigenvalue weighted by Gasteiger charge is -2.11. The van der Waals surface area contributed by atoms with Crippen LogP contribution in [-0.4, -0.2) is 56.3 Å². The summed E-state index contributed by atoms with van der Waals surface area (Å²) < 4.78 is 20.3. The standard InChI is InChI=1S/C22H21N5O11/c1-12(38-22(29)30)20-16(8-14-9-18(35-2)19(36-3)10-17(14)27(33)34)23-25(24-20)11-37-21(28)13-4-6-15(7-5-13)26(31)32/h4-7,9-10,12H,8,11H2,1-3H3,(H,29,30). The van der Waals surface area contributed by atoms with Gasteiger partial charge in [0, 0.05) is 24.1 Å². The van der Waals surface area contributed by atoms with Gasteiger partial charge in [-0.05, 0) is 25.1 Å². The minimum Gasteiger partial charge on any atom is -0.493 e. The molecule has 0 spiro atoms. The molecular weight excluding hydrogens is 510 g/mol. The van der Waals surface area contributed by atoms with Crippen molar-refractivity contribution in [2.75, 3.05) is 14.2 Å². The van der Waals surface area contributed by atoms with Gasteiger partial charge in [-0.25, -0.2) is 9.59 Å². The topological polar surface area (TPSA) is 208 Å². The average Bonchev–Trinajstić information content (AvgIpc) is 3.29. The van der Waals surface area contributed by atoms with E-state index in [0.29, 0.717) is 0 Å². The highest BCUT2D eigenvalue weighted by molar-refractivity contribution is 5.89. The Morgan fingerprint density at radius 3 is 2.21 bits per heavy atom. The fraction of sp³-hybridized carbons (Fsp3) is 0.273. The highest BCUT2D eigenvalue weighted by Gasteiger charge is 2.26. The van der Waals surface area contributed by atoms with E-state index in [0.717, 1.165) is 16.9 Å². The number of hydrogen-bond donors (Lipinski definition) is 1. The second-order valence-corrected chi connectivity index (χ2v) is 7.56. The highest BCUT2D eigenvalue weighted by atomic mass is 16.7. The van der Waals surface area contributed by atoms with Crippen LogP contribution in [0.2, 0.25) is 0 Å². The number of esters is 1. The second kappa shape index (κ2) is 11.6. The number of nitro groups is 2. The molecule has 1 unspecified atom stereocenters. The van der Waals surface area contributed by atoms with Gasteiger partial charge in [0.1, 0.15) is 11.8 Å². The van der Waals surface area contributed by atoms with E-state index < -0.39 is 34.8 Å². The Bertz CT molecular complexity index is 1370. The fourth-order valence-electron chi connectivity index (χ4n) is 3.42. The van der Waals surface area contributed by atoms with Gasteiger partial charge in [-0.3, -0.25) is 20.2 Å². The van der Waals surface area contributed by atoms with Gasteiger partial charge in [0.05, 0.1) is 41.4 Å². The lowest BCUT2D eigenvalue weighted by Crippen LogP contribution is -2.13. The summed E-state index contributed by atoms with van der Waals surface area (Å²) in [6, 6.07) is 7.28. The number of rotatable bonds is 11. The van der Waals surface area contributed by atoms with Crippen LogP contribution in [0, 0.1) is 20.2 Å². The van der Waals surface area contributed by atoms with Crippen LogP contribution in [0.5, 0.6) is 11.5 Å². The summed E-state index contributed by atoms with van der Waals surface area (Å²) in [4.78, 5) is 45.6. The minimum atomic E-state index is -1.58. The van der Waals surface area contributed by atoms with Gasteiger partial charge in [0.2, 0.25) is 6.73 Å². The number of hydrogen-bond acceptors (Lipinski definition) is 12. The molecule has 1 N–H and O–H groups in total. The van der Waals surface area contributed by atoms with Crippen molar-refractivity contribution in [2.24, 2.45) is 0 Å². The molecule has 1 aromatic heterocycles. The van der Waals surface area contributed by atoms with E-state index in [1.54, 1.807) is 0 Å². The van der Waals surface area contributed by atoms with E-state index >= 15 is 0 Å². The van der Waals surface area contributed by atoms with Crippen molar-refractivity contribution >= 4 is 23.5 Å². The van der Waals surface area contributed by atoms with Crippen LogP contribution >= 0.6 is 0 Å². The molecule has 0 aliphatic carbocycles. The molecule has 200 valence electrons. The van der Waals surface area contributed by atoms with Crippen LogP contribution in [0.3, 0.4) is 0 Å². The maximum atomic E-state index is 12.3. The first-order valence-electron chi connectivity index (χ1n) is 10.7. The first-order valence-corrected chi connectivity index (χ1v) is 10.7. The van der Waals surface area contributed by atoms with E-state index in [-0.39, 0.29) is 51.8 Å². The quantitative estimate of drug-likeness (QED) is 0.214. The predicted molar refractivity (Wildman–Crippen MR) is 125 cm³/mol. The molecule has 1 atom stereocenters. The molecule has 16 nitrogen and oxygen atoms in total. The molecule has 2 aromatic carbocycles. The Balaban J connectivity index is 1.91. The zero-order valence-electron chi connectivity index (χ0n) is 20.2. The van der Waals surface area contributed by atoms with Gasteiger partial charge < -0.3 is 24.1 Å². The first kappa shape index (κ1) is 27.3. The molecule has 0 saturated heterocycles. The number of benzene rings is 2. The van der Waals surface area contributed by atoms with Crippen molar-refractivity contribution in [1.29, 1.82) is 0 Å². The molecule has 0 aliphatic heterocycles. The zero-order valence-corrected chi connectivity index (χ0v) is 20.2. The molecular formula is C22H21N5O11. The zero-order chi connectivity index (χ0) is 28.0. The Kier molecular flexibility index (Phi) is 8.36. The SMILES string of the molecule is COc1cc(Cc2nn(COC(=O)c3ccc([N+](=O)[O-])cc3)nc2C(C)OC(=O)O)c([N+](=O)[O-])cc1OC. The van der Waals surface area contributed by atoms with Gasteiger partial charge in [0.25, 0.3) is 11.4 Å². The minimum absolute atomic E-state index is 0.0304. The third-order valence-electron chi connectivity index (χ3n) is 5.18. The number of aromatic nitrogens is 3. The number of carbonyl (C=O) groups excluding carboxylic acids is 1. The van der Waals surface area contributed by atoms with E-state index in [4.69, 9.17) is 24.1 Å². The molecule has 0 fully saturated rings.